The van der Waals surface area contributed by atoms with E-state index >= 15 is 4.79 Å². The maximum absolute atomic E-state index is 15.1. The Morgan fingerprint density at radius 3 is 2.03 bits per heavy atom. The second-order valence-corrected chi connectivity index (χ2v) is 21.5. The molecule has 7 atom stereocenters. The fourth-order valence-corrected chi connectivity index (χ4v) is 12.5. The molecule has 4 heterocycles. The summed E-state index contributed by atoms with van der Waals surface area (Å²) < 4.78 is 29.5. The molecule has 2 aromatic carbocycles. The number of aromatic nitrogens is 1. The number of hydrogen-bond donors (Lipinski definition) is 3. The van der Waals surface area contributed by atoms with Gasteiger partial charge in [0.1, 0.15) is 11.6 Å². The van der Waals surface area contributed by atoms with Crippen LogP contribution in [-0.2, 0) is 29.2 Å². The van der Waals surface area contributed by atoms with Crippen LogP contribution in [0.15, 0.2) is 61.2 Å². The molecule has 5 amide bonds. The van der Waals surface area contributed by atoms with Gasteiger partial charge in [0.05, 0.1) is 28.2 Å². The van der Waals surface area contributed by atoms with Gasteiger partial charge in [-0.2, -0.15) is 0 Å². The molecule has 3 N–H and O–H groups in total. The van der Waals surface area contributed by atoms with Gasteiger partial charge in [-0.1, -0.05) is 63.2 Å². The number of sulfonamides is 1. The number of amides is 5. The van der Waals surface area contributed by atoms with E-state index in [0.717, 1.165) is 43.0 Å². The summed E-state index contributed by atoms with van der Waals surface area (Å²) in [5.74, 6) is -1.37. The minimum absolute atomic E-state index is 0.00151. The highest BCUT2D eigenvalue weighted by atomic mass is 32.2. The summed E-state index contributed by atoms with van der Waals surface area (Å²) in [4.78, 5) is 75.5. The quantitative estimate of drug-likeness (QED) is 0.240. The van der Waals surface area contributed by atoms with E-state index in [4.69, 9.17) is 0 Å². The van der Waals surface area contributed by atoms with Gasteiger partial charge in [-0.25, -0.2) is 13.2 Å². The second-order valence-electron chi connectivity index (χ2n) is 19.5. The van der Waals surface area contributed by atoms with Crippen molar-refractivity contribution in [1.29, 1.82) is 0 Å². The number of carbonyl (C=O) groups excluding carboxylic acids is 5. The fourth-order valence-electron chi connectivity index (χ4n) is 11.2. The first-order chi connectivity index (χ1) is 28.1. The summed E-state index contributed by atoms with van der Waals surface area (Å²) in [5, 5.41) is 7.17. The lowest BCUT2D eigenvalue weighted by Gasteiger charge is -2.40. The van der Waals surface area contributed by atoms with Crippen LogP contribution in [0.1, 0.15) is 85.0 Å². The van der Waals surface area contributed by atoms with Crippen LogP contribution in [0.3, 0.4) is 0 Å². The standard InChI is InChI=1S/C45H56N6O7S/c1-5-29-23-45(29,42(55)48-59(57,58)32-14-15-32)47-40(53)38-21-30(46-43(56)51-36-12-8-6-10-33(36)34-11-7-9-13-37(34)51)25-50(38)41(54)35(44(2,3)4)22-39(52)49-24-28-17-26-16-27(18-28)20-31(49)19-26/h5-13,26-32,35,38H,1,14-25H2,2-4H3,(H,46,56)(H,47,53)(H,48,55)/t26?,27?,28?,29-,30-,31?,35-,38+,45-/m1/s1. The molecule has 7 fully saturated rings. The number of benzene rings is 2. The maximum Gasteiger partial charge on any atom is 0.326 e. The molecule has 3 aromatic rings. The van der Waals surface area contributed by atoms with E-state index in [1.54, 1.807) is 4.57 Å². The Balaban J connectivity index is 1.00. The third-order valence-corrected chi connectivity index (χ3v) is 16.2. The summed E-state index contributed by atoms with van der Waals surface area (Å²) in [6.07, 6.45) is 8.23. The van der Waals surface area contributed by atoms with Crippen LogP contribution in [0, 0.1) is 35.0 Å². The Hall–Kier alpha value is -4.72. The third kappa shape index (κ3) is 7.22. The van der Waals surface area contributed by atoms with Gasteiger partial charge in [-0.3, -0.25) is 28.5 Å². The van der Waals surface area contributed by atoms with Crippen LogP contribution in [0.5, 0.6) is 0 Å². The van der Waals surface area contributed by atoms with Gasteiger partial charge in [-0.15, -0.1) is 6.58 Å². The zero-order valence-corrected chi connectivity index (χ0v) is 35.0. The monoisotopic (exact) mass is 824 g/mol. The maximum atomic E-state index is 15.1. The Morgan fingerprint density at radius 1 is 0.847 bits per heavy atom. The van der Waals surface area contributed by atoms with Gasteiger partial charge in [0, 0.05) is 42.2 Å². The lowest BCUT2D eigenvalue weighted by molar-refractivity contribution is -0.149. The normalized spacial score (nSPS) is 30.5. The Morgan fingerprint density at radius 2 is 1.46 bits per heavy atom. The highest BCUT2D eigenvalue weighted by Gasteiger charge is 2.62. The topological polar surface area (TPSA) is 167 Å². The van der Waals surface area contributed by atoms with Crippen molar-refractivity contribution in [2.45, 2.75) is 114 Å². The van der Waals surface area contributed by atoms with Gasteiger partial charge in [0.25, 0.3) is 5.91 Å². The molecule has 14 heteroatoms. The Bertz CT molecular complexity index is 2300. The van der Waals surface area contributed by atoms with E-state index in [2.05, 4.69) is 26.8 Å². The highest BCUT2D eigenvalue weighted by Crippen LogP contribution is 2.49. The number of nitrogens with one attached hydrogen (secondary N) is 3. The predicted molar refractivity (Wildman–Crippen MR) is 223 cm³/mol. The molecule has 3 saturated heterocycles. The van der Waals surface area contributed by atoms with Crippen molar-refractivity contribution in [3.63, 3.8) is 0 Å². The lowest BCUT2D eigenvalue weighted by Crippen LogP contribution is -2.57. The van der Waals surface area contributed by atoms with Crippen LogP contribution in [0.4, 0.5) is 4.79 Å². The van der Waals surface area contributed by atoms with Crippen molar-refractivity contribution in [2.24, 2.45) is 35.0 Å². The summed E-state index contributed by atoms with van der Waals surface area (Å²) in [6.45, 7) is 10.3. The van der Waals surface area contributed by atoms with Gasteiger partial charge < -0.3 is 20.4 Å². The molecular formula is C45H56N6O7S. The summed E-state index contributed by atoms with van der Waals surface area (Å²) in [7, 11) is -3.91. The van der Waals surface area contributed by atoms with Crippen LogP contribution < -0.4 is 15.4 Å². The Kier molecular flexibility index (Phi) is 9.75. The molecule has 3 aliphatic heterocycles. The lowest BCUT2D eigenvalue weighted by atomic mass is 9.68. The largest absolute Gasteiger partial charge is 0.339 e. The minimum Gasteiger partial charge on any atom is -0.339 e. The van der Waals surface area contributed by atoms with Crippen molar-refractivity contribution < 1.29 is 32.4 Å². The van der Waals surface area contributed by atoms with Crippen molar-refractivity contribution in [3.05, 3.63) is 61.2 Å². The zero-order valence-electron chi connectivity index (χ0n) is 34.2. The van der Waals surface area contributed by atoms with E-state index in [1.807, 2.05) is 69.3 Å². The van der Waals surface area contributed by atoms with Gasteiger partial charge >= 0.3 is 6.03 Å². The summed E-state index contributed by atoms with van der Waals surface area (Å²) in [6, 6.07) is 13.2. The molecule has 0 radical (unpaired) electrons. The number of carbonyl (C=O) groups is 5. The average Bonchev–Trinajstić information content (AvgIpc) is 4.11. The second kappa shape index (κ2) is 14.5. The number of para-hydroxylation sites is 2. The molecule has 2 unspecified atom stereocenters. The Labute approximate surface area is 345 Å². The molecule has 4 saturated carbocycles. The zero-order chi connectivity index (χ0) is 41.6. The van der Waals surface area contributed by atoms with E-state index in [1.165, 1.54) is 17.4 Å². The molecule has 4 aliphatic carbocycles. The molecule has 314 valence electrons. The molecule has 59 heavy (non-hydrogen) atoms. The highest BCUT2D eigenvalue weighted by molar-refractivity contribution is 7.91. The van der Waals surface area contributed by atoms with Crippen molar-refractivity contribution in [2.75, 3.05) is 13.1 Å². The molecule has 0 spiro atoms. The summed E-state index contributed by atoms with van der Waals surface area (Å²) >= 11 is 0. The first-order valence-corrected chi connectivity index (χ1v) is 23.0. The van der Waals surface area contributed by atoms with Crippen molar-refractivity contribution >= 4 is 61.5 Å². The number of nitrogens with zero attached hydrogens (tertiary/aromatic N) is 3. The number of rotatable bonds is 10. The number of fused-ring (bicyclic) bond motifs is 4. The van der Waals surface area contributed by atoms with Crippen LogP contribution >= 0.6 is 0 Å². The van der Waals surface area contributed by atoms with Gasteiger partial charge in [-0.05, 0) is 93.1 Å². The predicted octanol–water partition coefficient (Wildman–Crippen LogP) is 5.08. The first-order valence-electron chi connectivity index (χ1n) is 21.5. The fraction of sp³-hybridized carbons (Fsp3) is 0.578. The number of likely N-dealkylation sites (tertiary alicyclic amines) is 1. The van der Waals surface area contributed by atoms with E-state index in [9.17, 15) is 27.6 Å². The van der Waals surface area contributed by atoms with E-state index in [-0.39, 0.29) is 43.7 Å². The molecule has 4 bridgehead atoms. The minimum atomic E-state index is -3.91. The van der Waals surface area contributed by atoms with Crippen LogP contribution in [0.2, 0.25) is 0 Å². The van der Waals surface area contributed by atoms with Crippen molar-refractivity contribution in [3.8, 4) is 0 Å². The average molecular weight is 825 g/mol. The van der Waals surface area contributed by atoms with E-state index in [0.29, 0.717) is 41.6 Å². The molecule has 10 rings (SSSR count). The SMILES string of the molecule is C=C[C@@H]1C[C@]1(NC(=O)[C@@H]1C[C@@H](NC(=O)n2c3ccccc3c3ccccc32)CN1C(=O)[C@@H](CC(=O)N1CC2CC3CC(C2)CC1C3)C(C)(C)C)C(=O)NS(=O)(=O)C1CC1. The smallest absolute Gasteiger partial charge is 0.326 e. The van der Waals surface area contributed by atoms with Crippen LogP contribution in [0.25, 0.3) is 21.8 Å². The van der Waals surface area contributed by atoms with Gasteiger partial charge in [0.2, 0.25) is 27.7 Å². The van der Waals surface area contributed by atoms with E-state index < -0.39 is 68.0 Å². The first kappa shape index (κ1) is 39.7. The summed E-state index contributed by atoms with van der Waals surface area (Å²) in [5.41, 5.74) is -0.786. The number of hydrogen-bond acceptors (Lipinski definition) is 7. The molecular weight excluding hydrogens is 769 g/mol. The molecule has 13 nitrogen and oxygen atoms in total. The van der Waals surface area contributed by atoms with Crippen LogP contribution in [-0.4, -0.2) is 94.4 Å². The molecule has 7 aliphatic rings. The van der Waals surface area contributed by atoms with Gasteiger partial charge in [0.15, 0.2) is 0 Å². The molecule has 1 aromatic heterocycles. The van der Waals surface area contributed by atoms with Crippen molar-refractivity contribution in [1.82, 2.24) is 29.7 Å². The third-order valence-electron chi connectivity index (χ3n) is 14.4.